The van der Waals surface area contributed by atoms with Gasteiger partial charge < -0.3 is 9.52 Å². The molecule has 0 spiro atoms. The van der Waals surface area contributed by atoms with Gasteiger partial charge in [0.25, 0.3) is 0 Å². The molecule has 58 valence electrons. The molecule has 0 atom stereocenters. The van der Waals surface area contributed by atoms with Crippen molar-refractivity contribution >= 4 is 11.9 Å². The lowest BCUT2D eigenvalue weighted by molar-refractivity contribution is -0.117. The lowest BCUT2D eigenvalue weighted by atomic mass is 10.3. The van der Waals surface area contributed by atoms with E-state index < -0.39 is 6.61 Å². The number of ketones is 1. The summed E-state index contributed by atoms with van der Waals surface area (Å²) in [6.45, 7) is -0.461. The molecule has 1 rings (SSSR count). The highest BCUT2D eigenvalue weighted by atomic mass is 16.3. The average molecular weight is 152 g/mol. The van der Waals surface area contributed by atoms with Gasteiger partial charge in [-0.05, 0) is 24.3 Å². The summed E-state index contributed by atoms with van der Waals surface area (Å²) in [6, 6.07) is 3.45. The lowest BCUT2D eigenvalue weighted by Crippen LogP contribution is -1.97. The molecule has 0 aromatic carbocycles. The maximum absolute atomic E-state index is 10.5. The van der Waals surface area contributed by atoms with E-state index in [1.165, 1.54) is 18.4 Å². The topological polar surface area (TPSA) is 50.4 Å². The van der Waals surface area contributed by atoms with E-state index in [9.17, 15) is 4.79 Å². The molecule has 3 heteroatoms. The van der Waals surface area contributed by atoms with Gasteiger partial charge in [-0.2, -0.15) is 0 Å². The first-order valence-corrected chi connectivity index (χ1v) is 3.18. The van der Waals surface area contributed by atoms with Gasteiger partial charge in [-0.1, -0.05) is 0 Å². The van der Waals surface area contributed by atoms with Crippen molar-refractivity contribution in [2.75, 3.05) is 6.61 Å². The number of furan rings is 1. The van der Waals surface area contributed by atoms with Crippen LogP contribution in [-0.4, -0.2) is 17.5 Å². The minimum absolute atomic E-state index is 0.332. The standard InChI is InChI=1S/C8H8O3/c9-6-7(10)3-4-8-2-1-5-11-8/h1-5,9H,6H2. The van der Waals surface area contributed by atoms with Gasteiger partial charge in [0, 0.05) is 0 Å². The summed E-state index contributed by atoms with van der Waals surface area (Å²) in [7, 11) is 0. The summed E-state index contributed by atoms with van der Waals surface area (Å²) in [5.41, 5.74) is 0. The first-order valence-electron chi connectivity index (χ1n) is 3.18. The van der Waals surface area contributed by atoms with E-state index in [4.69, 9.17) is 9.52 Å². The van der Waals surface area contributed by atoms with E-state index in [2.05, 4.69) is 0 Å². The highest BCUT2D eigenvalue weighted by Gasteiger charge is 1.92. The van der Waals surface area contributed by atoms with Crippen LogP contribution in [-0.2, 0) is 4.79 Å². The van der Waals surface area contributed by atoms with Crippen molar-refractivity contribution in [1.82, 2.24) is 0 Å². The number of aliphatic hydroxyl groups excluding tert-OH is 1. The molecule has 0 bridgehead atoms. The molecule has 0 saturated heterocycles. The van der Waals surface area contributed by atoms with Gasteiger partial charge >= 0.3 is 0 Å². The van der Waals surface area contributed by atoms with E-state index >= 15 is 0 Å². The summed E-state index contributed by atoms with van der Waals surface area (Å²) in [5.74, 6) is 0.271. The van der Waals surface area contributed by atoms with E-state index in [-0.39, 0.29) is 5.78 Å². The predicted molar refractivity (Wildman–Crippen MR) is 39.8 cm³/mol. The highest BCUT2D eigenvalue weighted by molar-refractivity contribution is 5.93. The Bertz CT molecular complexity index is 246. The van der Waals surface area contributed by atoms with Crippen LogP contribution < -0.4 is 0 Å². The van der Waals surface area contributed by atoms with E-state index in [1.54, 1.807) is 12.1 Å². The summed E-state index contributed by atoms with van der Waals surface area (Å²) in [4.78, 5) is 10.5. The Labute approximate surface area is 64.0 Å². The number of aliphatic hydroxyl groups is 1. The molecule has 11 heavy (non-hydrogen) atoms. The second kappa shape index (κ2) is 3.73. The van der Waals surface area contributed by atoms with Gasteiger partial charge in [0.05, 0.1) is 6.26 Å². The molecule has 1 heterocycles. The van der Waals surface area contributed by atoms with Crippen LogP contribution in [0.25, 0.3) is 6.08 Å². The van der Waals surface area contributed by atoms with Crippen LogP contribution in [0.2, 0.25) is 0 Å². The zero-order valence-corrected chi connectivity index (χ0v) is 5.86. The number of carbonyl (C=O) groups excluding carboxylic acids is 1. The van der Waals surface area contributed by atoms with Crippen LogP contribution in [0.1, 0.15) is 5.76 Å². The molecule has 0 saturated carbocycles. The Morgan fingerprint density at radius 2 is 2.55 bits per heavy atom. The molecular weight excluding hydrogens is 144 g/mol. The third kappa shape index (κ3) is 2.39. The first kappa shape index (κ1) is 7.75. The second-order valence-electron chi connectivity index (χ2n) is 1.97. The summed E-state index contributed by atoms with van der Waals surface area (Å²) in [5, 5.41) is 8.33. The normalized spacial score (nSPS) is 10.6. The van der Waals surface area contributed by atoms with Gasteiger partial charge in [-0.3, -0.25) is 4.79 Å². The Hall–Kier alpha value is -1.35. The third-order valence-corrected chi connectivity index (χ3v) is 1.13. The van der Waals surface area contributed by atoms with Crippen LogP contribution in [0.5, 0.6) is 0 Å². The fourth-order valence-electron chi connectivity index (χ4n) is 0.614. The van der Waals surface area contributed by atoms with Gasteiger partial charge in [-0.15, -0.1) is 0 Å². The van der Waals surface area contributed by atoms with Crippen molar-refractivity contribution in [3.63, 3.8) is 0 Å². The summed E-state index contributed by atoms with van der Waals surface area (Å²) in [6.07, 6.45) is 4.31. The van der Waals surface area contributed by atoms with Crippen molar-refractivity contribution < 1.29 is 14.3 Å². The molecule has 0 aliphatic carbocycles. The smallest absolute Gasteiger partial charge is 0.181 e. The summed E-state index contributed by atoms with van der Waals surface area (Å²) < 4.78 is 4.91. The Morgan fingerprint density at radius 1 is 1.73 bits per heavy atom. The Morgan fingerprint density at radius 3 is 3.09 bits per heavy atom. The largest absolute Gasteiger partial charge is 0.465 e. The minimum atomic E-state index is -0.461. The number of carbonyl (C=O) groups is 1. The second-order valence-corrected chi connectivity index (χ2v) is 1.97. The fourth-order valence-corrected chi connectivity index (χ4v) is 0.614. The van der Waals surface area contributed by atoms with E-state index in [0.717, 1.165) is 0 Å². The Kier molecular flexibility index (Phi) is 2.63. The van der Waals surface area contributed by atoms with Crippen molar-refractivity contribution in [1.29, 1.82) is 0 Å². The van der Waals surface area contributed by atoms with Crippen molar-refractivity contribution in [2.45, 2.75) is 0 Å². The maximum Gasteiger partial charge on any atom is 0.181 e. The molecule has 0 aliphatic heterocycles. The zero-order valence-electron chi connectivity index (χ0n) is 5.86. The highest BCUT2D eigenvalue weighted by Crippen LogP contribution is 2.01. The lowest BCUT2D eigenvalue weighted by Gasteiger charge is -1.83. The number of hydrogen-bond donors (Lipinski definition) is 1. The fraction of sp³-hybridized carbons (Fsp3) is 0.125. The molecule has 3 nitrogen and oxygen atoms in total. The number of rotatable bonds is 3. The molecule has 1 aromatic rings. The average Bonchev–Trinajstić information content (AvgIpc) is 2.52. The van der Waals surface area contributed by atoms with Crippen LogP contribution in [0.3, 0.4) is 0 Å². The van der Waals surface area contributed by atoms with Gasteiger partial charge in [-0.25, -0.2) is 0 Å². The van der Waals surface area contributed by atoms with Gasteiger partial charge in [0.15, 0.2) is 5.78 Å². The number of hydrogen-bond acceptors (Lipinski definition) is 3. The van der Waals surface area contributed by atoms with E-state index in [0.29, 0.717) is 5.76 Å². The third-order valence-electron chi connectivity index (χ3n) is 1.13. The summed E-state index contributed by atoms with van der Waals surface area (Å²) >= 11 is 0. The van der Waals surface area contributed by atoms with Crippen LogP contribution >= 0.6 is 0 Å². The molecule has 0 radical (unpaired) electrons. The monoisotopic (exact) mass is 152 g/mol. The molecule has 0 amide bonds. The minimum Gasteiger partial charge on any atom is -0.465 e. The first-order chi connectivity index (χ1) is 5.33. The van der Waals surface area contributed by atoms with Crippen molar-refractivity contribution in [3.05, 3.63) is 30.2 Å². The molecule has 0 unspecified atom stereocenters. The molecule has 0 fully saturated rings. The SMILES string of the molecule is O=C(C=Cc1ccco1)CO. The van der Waals surface area contributed by atoms with Crippen LogP contribution in [0.4, 0.5) is 0 Å². The van der Waals surface area contributed by atoms with E-state index in [1.807, 2.05) is 0 Å². The predicted octanol–water partition coefficient (Wildman–Crippen LogP) is 0.854. The molecular formula is C8H8O3. The Balaban J connectivity index is 2.55. The molecule has 1 N–H and O–H groups in total. The maximum atomic E-state index is 10.5. The molecule has 1 aromatic heterocycles. The van der Waals surface area contributed by atoms with Gasteiger partial charge in [0.1, 0.15) is 12.4 Å². The quantitative estimate of drug-likeness (QED) is 0.653. The van der Waals surface area contributed by atoms with Crippen molar-refractivity contribution in [3.8, 4) is 0 Å². The van der Waals surface area contributed by atoms with Crippen LogP contribution in [0, 0.1) is 0 Å². The zero-order chi connectivity index (χ0) is 8.10. The van der Waals surface area contributed by atoms with Gasteiger partial charge in [0.2, 0.25) is 0 Å². The molecule has 0 aliphatic rings. The van der Waals surface area contributed by atoms with Crippen molar-refractivity contribution in [2.24, 2.45) is 0 Å². The van der Waals surface area contributed by atoms with Crippen LogP contribution in [0.15, 0.2) is 28.9 Å².